The molecule has 0 saturated carbocycles. The Hall–Kier alpha value is -17.6. The van der Waals surface area contributed by atoms with Gasteiger partial charge in [0.15, 0.2) is 58.3 Å². The fraction of sp³-hybridized carbons (Fsp3) is 0.0732. The molecule has 14 heteroatoms. The molecule has 33 rings (SSSR count). The van der Waals surface area contributed by atoms with Crippen molar-refractivity contribution >= 4 is 55.9 Å². The van der Waals surface area contributed by atoms with E-state index in [4.69, 9.17) is 9.47 Å². The lowest BCUT2D eigenvalue weighted by Gasteiger charge is -2.38. The normalized spacial score (nSPS) is 16.6. The van der Waals surface area contributed by atoms with E-state index in [1.807, 2.05) is 12.1 Å². The number of fused-ring (bicyclic) bond motifs is 22. The topological polar surface area (TPSA) is 67.9 Å². The van der Waals surface area contributed by atoms with Gasteiger partial charge in [-0.2, -0.15) is 0 Å². The van der Waals surface area contributed by atoms with E-state index in [0.717, 1.165) is 45.7 Å². The van der Waals surface area contributed by atoms with Gasteiger partial charge in [-0.25, -0.2) is 0 Å². The van der Waals surface area contributed by atoms with Crippen LogP contribution in [-0.4, -0.2) is 18.6 Å². The zero-order valence-corrected chi connectivity index (χ0v) is 75.8. The van der Waals surface area contributed by atoms with E-state index in [1.165, 1.54) is 224 Å². The quantitative estimate of drug-likeness (QED) is 0.156. The van der Waals surface area contributed by atoms with E-state index in [1.54, 1.807) is 0 Å². The number of nitrogens with zero attached hydrogens (tertiary/aromatic N) is 12. The van der Waals surface area contributed by atoms with Crippen LogP contribution in [0.3, 0.4) is 0 Å². The van der Waals surface area contributed by atoms with Crippen molar-refractivity contribution < 1.29 is 37.2 Å². The van der Waals surface area contributed by atoms with Crippen LogP contribution in [-0.2, 0) is 17.0 Å². The van der Waals surface area contributed by atoms with E-state index in [2.05, 4.69) is 487 Å². The smallest absolute Gasteiger partial charge is 0.444 e. The molecule has 22 aromatic rings. The summed E-state index contributed by atoms with van der Waals surface area (Å²) < 4.78 is 38.3. The highest BCUT2D eigenvalue weighted by Gasteiger charge is 2.77. The minimum absolute atomic E-state index is 0.540. The lowest BCUT2D eigenvalue weighted by Crippen LogP contribution is -2.74. The Kier molecular flexibility index (Phi) is 14.5. The zero-order chi connectivity index (χ0) is 90.2. The summed E-state index contributed by atoms with van der Waals surface area (Å²) in [5, 5.41) is 2.61. The van der Waals surface area contributed by atoms with Gasteiger partial charge < -0.3 is 23.8 Å². The van der Waals surface area contributed by atoms with Gasteiger partial charge in [-0.05, 0) is 223 Å². The second kappa shape index (κ2) is 26.4. The number of hydrogen-bond acceptors (Lipinski definition) is 4. The molecular weight excluding hydrogens is 1680 g/mol. The molecule has 7 aromatic heterocycles. The summed E-state index contributed by atoms with van der Waals surface area (Å²) in [4.78, 5) is 4.87. The summed E-state index contributed by atoms with van der Waals surface area (Å²) in [6.45, 7) is 13.6. The molecule has 3 atom stereocenters. The van der Waals surface area contributed by atoms with Crippen molar-refractivity contribution in [2.24, 2.45) is 0 Å². The molecule has 11 aliphatic rings. The highest BCUT2D eigenvalue weighted by atomic mass is 16.5. The van der Waals surface area contributed by atoms with E-state index in [0.29, 0.717) is 0 Å². The molecule has 642 valence electrons. The lowest BCUT2D eigenvalue weighted by molar-refractivity contribution is -0.990. The van der Waals surface area contributed by atoms with Gasteiger partial charge in [0.2, 0.25) is 34.2 Å². The van der Waals surface area contributed by atoms with Crippen molar-refractivity contribution in [3.05, 3.63) is 468 Å². The van der Waals surface area contributed by atoms with Crippen molar-refractivity contribution in [3.63, 3.8) is 0 Å². The first-order valence-electron chi connectivity index (χ1n) is 47.5. The number of anilines is 6. The van der Waals surface area contributed by atoms with Crippen LogP contribution in [0.25, 0.3) is 145 Å². The Labute approximate surface area is 789 Å². The van der Waals surface area contributed by atoms with Crippen LogP contribution in [0.5, 0.6) is 23.0 Å². The van der Waals surface area contributed by atoms with Crippen LogP contribution in [0.15, 0.2) is 401 Å². The number of rotatable bonds is 6. The molecule has 0 amide bonds. The number of para-hydroxylation sites is 5. The Bertz CT molecular complexity index is 9240. The standard InChI is InChI=1S/2C41H28N4O.C41H28N4/c1-25-23-28(27-11-4-3-5-12-27)18-19-29(25)31-24-43-34-20-21-37-40-39(34)41(45(43)26(31)2)38-30(32-14-8-9-22-42(32)41)13-10-16-35(38)44(40)33-15-6-7-17-36(33)46-37;1-25-23-28(27-11-4-3-5-12-27)18-19-29(25)31-24-43-34-15-10-16-35-39(34)41(45(43)26(31)2)38-30(32-13-8-9-22-42(32)41)20-21-37-40(38)44(35)33-14-6-7-17-36(33)46-37;1-25-23-28(27-11-4-3-5-12-27)18-19-29(25)33-24-43-36-21-20-31-30-13-6-7-16-35(30)44-37-17-10-14-32-34-15-8-9-22-42(34)41(38(32)37,39(36)40(31)44)45(43)26(33)2/h2*3-24H,1-2H3;3-24H,1-2H3/q3*+2. The van der Waals surface area contributed by atoms with Crippen LogP contribution in [0, 0.1) is 41.5 Å². The number of ether oxygens (including phenoxy) is 2. The van der Waals surface area contributed by atoms with Gasteiger partial charge in [-0.1, -0.05) is 206 Å². The van der Waals surface area contributed by atoms with Crippen molar-refractivity contribution in [1.29, 1.82) is 0 Å². The first-order chi connectivity index (χ1) is 67.5. The third-order valence-electron chi connectivity index (χ3n) is 31.6. The molecule has 11 aliphatic heterocycles. The van der Waals surface area contributed by atoms with Crippen LogP contribution in [0.4, 0.5) is 34.1 Å². The van der Waals surface area contributed by atoms with E-state index in [9.17, 15) is 0 Å². The highest BCUT2D eigenvalue weighted by molar-refractivity contribution is 6.13. The summed E-state index contributed by atoms with van der Waals surface area (Å²) >= 11 is 0. The molecule has 0 radical (unpaired) electrons. The van der Waals surface area contributed by atoms with Crippen LogP contribution < -0.4 is 47.0 Å². The molecule has 3 spiro atoms. The van der Waals surface area contributed by atoms with Crippen molar-refractivity contribution in [2.45, 2.75) is 58.5 Å². The number of aromatic nitrogens is 10. The predicted octanol–water partition coefficient (Wildman–Crippen LogP) is 25.0. The third kappa shape index (κ3) is 9.07. The molecule has 18 heterocycles. The van der Waals surface area contributed by atoms with Crippen molar-refractivity contribution in [3.8, 4) is 146 Å². The Balaban J connectivity index is 0.0000000954. The van der Waals surface area contributed by atoms with Gasteiger partial charge in [0.05, 0.1) is 91.4 Å². The van der Waals surface area contributed by atoms with Crippen LogP contribution in [0.2, 0.25) is 0 Å². The molecule has 0 aliphatic carbocycles. The first kappa shape index (κ1) is 75.0. The zero-order valence-electron chi connectivity index (χ0n) is 75.8. The Morgan fingerprint density at radius 1 is 0.234 bits per heavy atom. The molecule has 137 heavy (non-hydrogen) atoms. The fourth-order valence-electron chi connectivity index (χ4n) is 26.4. The summed E-state index contributed by atoms with van der Waals surface area (Å²) in [6.07, 6.45) is 13.9. The van der Waals surface area contributed by atoms with Crippen LogP contribution in [0.1, 0.15) is 67.2 Å². The molecular formula is C123H84N12O2+6. The first-order valence-corrected chi connectivity index (χ1v) is 47.5. The monoisotopic (exact) mass is 1760 g/mol. The molecule has 14 nitrogen and oxygen atoms in total. The Morgan fingerprint density at radius 3 is 1.10 bits per heavy atom. The number of pyridine rings is 3. The Morgan fingerprint density at radius 2 is 0.599 bits per heavy atom. The van der Waals surface area contributed by atoms with Crippen molar-refractivity contribution in [1.82, 2.24) is 18.6 Å². The number of benzene rings is 15. The third-order valence-corrected chi connectivity index (χ3v) is 31.6. The minimum atomic E-state index is -0.616. The minimum Gasteiger partial charge on any atom is -0.453 e. The fourth-order valence-corrected chi connectivity index (χ4v) is 26.4. The summed E-state index contributed by atoms with van der Waals surface area (Å²) in [7, 11) is 0. The molecule has 3 unspecified atom stereocenters. The maximum Gasteiger partial charge on any atom is 0.444 e. The molecule has 0 fully saturated rings. The average Bonchev–Trinajstić information content (AvgIpc) is 1.48. The molecule has 0 bridgehead atoms. The summed E-state index contributed by atoms with van der Waals surface area (Å²) in [5.41, 5.74) is 50.1. The summed E-state index contributed by atoms with van der Waals surface area (Å²) in [5.74, 6) is 3.52. The maximum absolute atomic E-state index is 6.66. The van der Waals surface area contributed by atoms with E-state index >= 15 is 0 Å². The predicted molar refractivity (Wildman–Crippen MR) is 534 cm³/mol. The van der Waals surface area contributed by atoms with Crippen molar-refractivity contribution in [2.75, 3.05) is 9.80 Å². The van der Waals surface area contributed by atoms with Gasteiger partial charge >= 0.3 is 17.0 Å². The van der Waals surface area contributed by atoms with Gasteiger partial charge in [0, 0.05) is 67.9 Å². The van der Waals surface area contributed by atoms with Gasteiger partial charge in [0.1, 0.15) is 45.1 Å². The lowest BCUT2D eigenvalue weighted by atomic mass is 9.82. The maximum atomic E-state index is 6.66. The summed E-state index contributed by atoms with van der Waals surface area (Å²) in [6, 6.07) is 132. The number of hydrogen-bond donors (Lipinski definition) is 0. The molecule has 15 aromatic carbocycles. The second-order valence-corrected chi connectivity index (χ2v) is 38.2. The SMILES string of the molecule is Cc1cc(-c2ccccc2)ccc1-c1cn2[n+](c1C)C13c4c(cccc4-2)N2c4ccccc4Oc4ccc(c1c42)-c1cccc[n+]13.Cc1cc(-c2ccccc2)ccc1-c1cn2[n+](c1C)C13c4c(cccc4-n4c5ccccc5c5ccc-2c1c54)-c1cccc[n+]13.Cc1cc(-c2ccccc2)ccc1-c1cn2[n+](c1C)C13c4c(cccc4N4c5ccccc5Oc5ccc-2c1c54)-c1cccc[n+]13. The van der Waals surface area contributed by atoms with Crippen LogP contribution >= 0.6 is 0 Å². The van der Waals surface area contributed by atoms with E-state index < -0.39 is 17.0 Å². The van der Waals surface area contributed by atoms with Gasteiger partial charge in [-0.3, -0.25) is 0 Å². The average molecular weight is 1760 g/mol. The van der Waals surface area contributed by atoms with Gasteiger partial charge in [0.25, 0.3) is 0 Å². The van der Waals surface area contributed by atoms with Gasteiger partial charge in [-0.15, -0.1) is 27.7 Å². The molecule has 0 N–H and O–H groups in total. The highest BCUT2D eigenvalue weighted by Crippen LogP contribution is 2.67. The van der Waals surface area contributed by atoms with E-state index in [-0.39, 0.29) is 0 Å². The largest absolute Gasteiger partial charge is 0.453 e. The second-order valence-electron chi connectivity index (χ2n) is 38.2. The number of aryl methyl sites for hydroxylation is 3. The molecule has 0 saturated heterocycles.